The molecule has 4 heteroatoms. The Labute approximate surface area is 142 Å². The number of hydrogen-bond donors (Lipinski definition) is 0. The van der Waals surface area contributed by atoms with Crippen LogP contribution < -0.4 is 18.9 Å². The van der Waals surface area contributed by atoms with Crippen LogP contribution in [0.2, 0.25) is 0 Å². The average molecular weight is 326 g/mol. The highest BCUT2D eigenvalue weighted by atomic mass is 16.7. The molecule has 0 amide bonds. The Balaban J connectivity index is 1.48. The normalized spacial score (nSPS) is 18.9. The maximum Gasteiger partial charge on any atom is 0.242 e. The number of hydrogen-bond acceptors (Lipinski definition) is 4. The fraction of sp³-hybridized carbons (Fsp3) is 0.400. The summed E-state index contributed by atoms with van der Waals surface area (Å²) >= 11 is 0. The number of ether oxygens (including phenoxy) is 4. The van der Waals surface area contributed by atoms with Crippen molar-refractivity contribution >= 4 is 0 Å². The number of rotatable bonds is 4. The molecule has 2 aliphatic rings. The lowest BCUT2D eigenvalue weighted by atomic mass is 9.97. The predicted octanol–water partition coefficient (Wildman–Crippen LogP) is 4.83. The Hall–Kier alpha value is -2.36. The Kier molecular flexibility index (Phi) is 3.75. The molecule has 4 rings (SSSR count). The fourth-order valence-electron chi connectivity index (χ4n) is 3.24. The first-order chi connectivity index (χ1) is 11.6. The van der Waals surface area contributed by atoms with Crippen LogP contribution >= 0.6 is 0 Å². The first-order valence-corrected chi connectivity index (χ1v) is 8.47. The molecule has 0 saturated heterocycles. The van der Waals surface area contributed by atoms with E-state index in [2.05, 4.69) is 39.0 Å². The molecule has 126 valence electrons. The summed E-state index contributed by atoms with van der Waals surface area (Å²) in [6, 6.07) is 12.2. The van der Waals surface area contributed by atoms with E-state index in [1.165, 1.54) is 11.1 Å². The van der Waals surface area contributed by atoms with Crippen LogP contribution in [-0.4, -0.2) is 13.1 Å². The minimum absolute atomic E-state index is 0.250. The highest BCUT2D eigenvalue weighted by Gasteiger charge is 2.29. The van der Waals surface area contributed by atoms with Gasteiger partial charge < -0.3 is 18.9 Å². The summed E-state index contributed by atoms with van der Waals surface area (Å²) in [5.74, 6) is 4.08. The monoisotopic (exact) mass is 326 g/mol. The Morgan fingerprint density at radius 1 is 0.958 bits per heavy atom. The van der Waals surface area contributed by atoms with Gasteiger partial charge in [0.15, 0.2) is 23.0 Å². The van der Waals surface area contributed by atoms with Gasteiger partial charge in [-0.25, -0.2) is 0 Å². The summed E-state index contributed by atoms with van der Waals surface area (Å²) in [6.45, 7) is 6.81. The van der Waals surface area contributed by atoms with E-state index in [1.54, 1.807) is 0 Å². The lowest BCUT2D eigenvalue weighted by molar-refractivity contribution is 0.0362. The van der Waals surface area contributed by atoms with E-state index < -0.39 is 0 Å². The van der Waals surface area contributed by atoms with Crippen LogP contribution in [0, 0.1) is 0 Å². The van der Waals surface area contributed by atoms with E-state index in [0.29, 0.717) is 18.6 Å². The smallest absolute Gasteiger partial charge is 0.242 e. The lowest BCUT2D eigenvalue weighted by Crippen LogP contribution is -2.20. The fourth-order valence-corrected chi connectivity index (χ4v) is 3.24. The molecule has 2 aliphatic heterocycles. The van der Waals surface area contributed by atoms with Crippen molar-refractivity contribution in [2.75, 3.05) is 6.79 Å². The molecule has 24 heavy (non-hydrogen) atoms. The van der Waals surface area contributed by atoms with E-state index in [0.717, 1.165) is 29.4 Å². The van der Waals surface area contributed by atoms with Crippen molar-refractivity contribution < 1.29 is 18.9 Å². The Bertz CT molecular complexity index is 753. The molecule has 0 aliphatic carbocycles. The van der Waals surface area contributed by atoms with Crippen LogP contribution in [0.1, 0.15) is 50.2 Å². The van der Waals surface area contributed by atoms with Gasteiger partial charge in [0.2, 0.25) is 13.1 Å². The van der Waals surface area contributed by atoms with Gasteiger partial charge in [-0.2, -0.15) is 0 Å². The van der Waals surface area contributed by atoms with E-state index >= 15 is 0 Å². The third-order valence-corrected chi connectivity index (χ3v) is 4.65. The third kappa shape index (κ3) is 2.66. The molecule has 2 unspecified atom stereocenters. The van der Waals surface area contributed by atoms with Crippen LogP contribution in [0.25, 0.3) is 0 Å². The molecule has 0 fully saturated rings. The molecule has 4 nitrogen and oxygen atoms in total. The molecule has 0 bridgehead atoms. The molecule has 0 aromatic heterocycles. The lowest BCUT2D eigenvalue weighted by Gasteiger charge is -2.17. The van der Waals surface area contributed by atoms with Crippen molar-refractivity contribution in [2.45, 2.75) is 45.3 Å². The van der Waals surface area contributed by atoms with E-state index in [1.807, 2.05) is 18.2 Å². The van der Waals surface area contributed by atoms with Crippen LogP contribution in [0.15, 0.2) is 36.4 Å². The number of para-hydroxylation sites is 1. The van der Waals surface area contributed by atoms with Crippen LogP contribution in [0.5, 0.6) is 23.0 Å². The van der Waals surface area contributed by atoms with Gasteiger partial charge >= 0.3 is 0 Å². The van der Waals surface area contributed by atoms with Gasteiger partial charge in [-0.05, 0) is 35.6 Å². The second-order valence-electron chi connectivity index (χ2n) is 6.74. The van der Waals surface area contributed by atoms with Crippen molar-refractivity contribution in [1.82, 2.24) is 0 Å². The summed E-state index contributed by atoms with van der Waals surface area (Å²) in [5.41, 5.74) is 2.40. The van der Waals surface area contributed by atoms with Crippen molar-refractivity contribution in [3.05, 3.63) is 47.5 Å². The van der Waals surface area contributed by atoms with Crippen molar-refractivity contribution in [2.24, 2.45) is 0 Å². The molecular weight excluding hydrogens is 304 g/mol. The second-order valence-corrected chi connectivity index (χ2v) is 6.74. The molecule has 2 aromatic rings. The maximum atomic E-state index is 6.11. The van der Waals surface area contributed by atoms with E-state index in [4.69, 9.17) is 18.9 Å². The van der Waals surface area contributed by atoms with E-state index in [-0.39, 0.29) is 6.29 Å². The minimum Gasteiger partial charge on any atom is -0.454 e. The van der Waals surface area contributed by atoms with Crippen LogP contribution in [0.4, 0.5) is 0 Å². The summed E-state index contributed by atoms with van der Waals surface area (Å²) in [7, 11) is 0. The third-order valence-electron chi connectivity index (χ3n) is 4.65. The molecule has 0 saturated carbocycles. The van der Waals surface area contributed by atoms with Crippen molar-refractivity contribution in [3.63, 3.8) is 0 Å². The van der Waals surface area contributed by atoms with Gasteiger partial charge in [0.1, 0.15) is 0 Å². The molecule has 2 heterocycles. The summed E-state index contributed by atoms with van der Waals surface area (Å²) in [4.78, 5) is 0. The SMILES string of the molecule is CC(C)c1cccc2c1OC(CC(C)c1ccc3c(c1)OCO3)O2. The largest absolute Gasteiger partial charge is 0.454 e. The van der Waals surface area contributed by atoms with Gasteiger partial charge in [0, 0.05) is 12.0 Å². The summed E-state index contributed by atoms with van der Waals surface area (Å²) in [5, 5.41) is 0. The first-order valence-electron chi connectivity index (χ1n) is 8.47. The number of benzene rings is 2. The zero-order chi connectivity index (χ0) is 16.7. The zero-order valence-corrected chi connectivity index (χ0v) is 14.2. The van der Waals surface area contributed by atoms with Crippen LogP contribution in [0.3, 0.4) is 0 Å². The first kappa shape index (κ1) is 15.2. The summed E-state index contributed by atoms with van der Waals surface area (Å²) < 4.78 is 23.0. The van der Waals surface area contributed by atoms with Crippen LogP contribution in [-0.2, 0) is 0 Å². The second kappa shape index (κ2) is 5.93. The highest BCUT2D eigenvalue weighted by Crippen LogP contribution is 2.43. The quantitative estimate of drug-likeness (QED) is 0.806. The van der Waals surface area contributed by atoms with Gasteiger partial charge in [0.25, 0.3) is 0 Å². The minimum atomic E-state index is -0.250. The highest BCUT2D eigenvalue weighted by molar-refractivity contribution is 5.50. The molecule has 2 aromatic carbocycles. The average Bonchev–Trinajstić information content (AvgIpc) is 3.19. The zero-order valence-electron chi connectivity index (χ0n) is 14.2. The van der Waals surface area contributed by atoms with Gasteiger partial charge in [0.05, 0.1) is 0 Å². The van der Waals surface area contributed by atoms with E-state index in [9.17, 15) is 0 Å². The Morgan fingerprint density at radius 3 is 2.62 bits per heavy atom. The molecule has 0 N–H and O–H groups in total. The van der Waals surface area contributed by atoms with Gasteiger partial charge in [-0.1, -0.05) is 39.0 Å². The number of fused-ring (bicyclic) bond motifs is 2. The van der Waals surface area contributed by atoms with Crippen molar-refractivity contribution in [3.8, 4) is 23.0 Å². The van der Waals surface area contributed by atoms with Gasteiger partial charge in [-0.3, -0.25) is 0 Å². The summed E-state index contributed by atoms with van der Waals surface area (Å²) in [6.07, 6.45) is 0.534. The van der Waals surface area contributed by atoms with Gasteiger partial charge in [-0.15, -0.1) is 0 Å². The molecule has 0 radical (unpaired) electrons. The molecule has 2 atom stereocenters. The molecular formula is C20H22O4. The van der Waals surface area contributed by atoms with Crippen molar-refractivity contribution in [1.29, 1.82) is 0 Å². The predicted molar refractivity (Wildman–Crippen MR) is 91.2 cm³/mol. The standard InChI is InChI=1S/C20H22O4/c1-12(2)15-5-4-6-17-20(15)24-19(23-17)9-13(3)14-7-8-16-18(10-14)22-11-21-16/h4-8,10,12-13,19H,9,11H2,1-3H3. The topological polar surface area (TPSA) is 36.9 Å². The molecule has 0 spiro atoms. The maximum absolute atomic E-state index is 6.11. The Morgan fingerprint density at radius 2 is 1.79 bits per heavy atom.